The summed E-state index contributed by atoms with van der Waals surface area (Å²) in [6, 6.07) is 8.14. The second kappa shape index (κ2) is 7.79. The van der Waals surface area contributed by atoms with E-state index in [0.29, 0.717) is 18.2 Å². The zero-order chi connectivity index (χ0) is 14.4. The zero-order valence-corrected chi connectivity index (χ0v) is 13.7. The molecule has 1 saturated heterocycles. The highest BCUT2D eigenvalue weighted by Gasteiger charge is 2.22. The molecule has 0 spiro atoms. The molecule has 0 unspecified atom stereocenters. The molecular weight excluding hydrogens is 316 g/mol. The SMILES string of the molecule is CNC[C@@H]1CCCN(C(=O)CCc2ccccc2Br)C1. The maximum Gasteiger partial charge on any atom is 0.222 e. The Bertz CT molecular complexity index is 448. The van der Waals surface area contributed by atoms with E-state index in [0.717, 1.165) is 36.9 Å². The molecular formula is C16H23BrN2O. The third-order valence-corrected chi connectivity index (χ3v) is 4.70. The van der Waals surface area contributed by atoms with Gasteiger partial charge in [0.05, 0.1) is 0 Å². The van der Waals surface area contributed by atoms with Crippen LogP contribution in [0, 0.1) is 5.92 Å². The van der Waals surface area contributed by atoms with E-state index in [-0.39, 0.29) is 0 Å². The predicted octanol–water partition coefficient (Wildman–Crippen LogP) is 2.84. The van der Waals surface area contributed by atoms with Gasteiger partial charge in [0.15, 0.2) is 0 Å². The summed E-state index contributed by atoms with van der Waals surface area (Å²) in [5, 5.41) is 3.22. The highest BCUT2D eigenvalue weighted by atomic mass is 79.9. The summed E-state index contributed by atoms with van der Waals surface area (Å²) in [5.41, 5.74) is 1.21. The zero-order valence-electron chi connectivity index (χ0n) is 12.1. The van der Waals surface area contributed by atoms with Crippen LogP contribution in [0.4, 0.5) is 0 Å². The molecule has 1 aliphatic heterocycles. The van der Waals surface area contributed by atoms with Crippen molar-refractivity contribution in [1.82, 2.24) is 10.2 Å². The average Bonchev–Trinajstić information content (AvgIpc) is 2.47. The van der Waals surface area contributed by atoms with Crippen molar-refractivity contribution in [2.45, 2.75) is 25.7 Å². The van der Waals surface area contributed by atoms with Crippen molar-refractivity contribution >= 4 is 21.8 Å². The van der Waals surface area contributed by atoms with Gasteiger partial charge in [-0.1, -0.05) is 34.1 Å². The van der Waals surface area contributed by atoms with Crippen molar-refractivity contribution in [3.8, 4) is 0 Å². The van der Waals surface area contributed by atoms with Crippen molar-refractivity contribution in [3.05, 3.63) is 34.3 Å². The molecule has 20 heavy (non-hydrogen) atoms. The molecule has 0 saturated carbocycles. The summed E-state index contributed by atoms with van der Waals surface area (Å²) >= 11 is 3.54. The molecule has 1 heterocycles. The van der Waals surface area contributed by atoms with Gasteiger partial charge in [0.1, 0.15) is 0 Å². The number of piperidine rings is 1. The van der Waals surface area contributed by atoms with Crippen LogP contribution in [-0.4, -0.2) is 37.5 Å². The third kappa shape index (κ3) is 4.32. The molecule has 1 aliphatic rings. The van der Waals surface area contributed by atoms with Crippen LogP contribution < -0.4 is 5.32 Å². The molecule has 1 aromatic rings. The van der Waals surface area contributed by atoms with Crippen LogP contribution in [-0.2, 0) is 11.2 Å². The van der Waals surface area contributed by atoms with Crippen molar-refractivity contribution < 1.29 is 4.79 Å². The molecule has 3 nitrogen and oxygen atoms in total. The minimum absolute atomic E-state index is 0.293. The first-order valence-corrected chi connectivity index (χ1v) is 8.15. The number of hydrogen-bond donors (Lipinski definition) is 1. The first-order valence-electron chi connectivity index (χ1n) is 7.36. The number of carbonyl (C=O) groups excluding carboxylic acids is 1. The summed E-state index contributed by atoms with van der Waals surface area (Å²) in [6.07, 6.45) is 3.78. The van der Waals surface area contributed by atoms with Gasteiger partial charge < -0.3 is 10.2 Å². The van der Waals surface area contributed by atoms with Crippen molar-refractivity contribution in [1.29, 1.82) is 0 Å². The van der Waals surface area contributed by atoms with E-state index in [1.165, 1.54) is 12.0 Å². The topological polar surface area (TPSA) is 32.3 Å². The fraction of sp³-hybridized carbons (Fsp3) is 0.562. The molecule has 110 valence electrons. The monoisotopic (exact) mass is 338 g/mol. The Kier molecular flexibility index (Phi) is 6.05. The van der Waals surface area contributed by atoms with Crippen LogP contribution in [0.1, 0.15) is 24.8 Å². The van der Waals surface area contributed by atoms with Gasteiger partial charge in [-0.3, -0.25) is 4.79 Å². The molecule has 1 atom stereocenters. The molecule has 1 N–H and O–H groups in total. The van der Waals surface area contributed by atoms with Gasteiger partial charge in [-0.15, -0.1) is 0 Å². The number of likely N-dealkylation sites (tertiary alicyclic amines) is 1. The van der Waals surface area contributed by atoms with Gasteiger partial charge in [0.25, 0.3) is 0 Å². The second-order valence-corrected chi connectivity index (χ2v) is 6.35. The fourth-order valence-corrected chi connectivity index (χ4v) is 3.33. The average molecular weight is 339 g/mol. The van der Waals surface area contributed by atoms with E-state index in [1.807, 2.05) is 30.1 Å². The number of aryl methyl sites for hydroxylation is 1. The maximum absolute atomic E-state index is 12.3. The molecule has 2 rings (SSSR count). The summed E-state index contributed by atoms with van der Waals surface area (Å²) in [7, 11) is 1.98. The number of nitrogens with zero attached hydrogens (tertiary/aromatic N) is 1. The Morgan fingerprint density at radius 3 is 3.00 bits per heavy atom. The molecule has 1 fully saturated rings. The Hall–Kier alpha value is -0.870. The maximum atomic E-state index is 12.3. The van der Waals surface area contributed by atoms with Gasteiger partial charge in [-0.25, -0.2) is 0 Å². The van der Waals surface area contributed by atoms with Gasteiger partial charge in [-0.2, -0.15) is 0 Å². The fourth-order valence-electron chi connectivity index (χ4n) is 2.85. The van der Waals surface area contributed by atoms with E-state index in [2.05, 4.69) is 27.3 Å². The van der Waals surface area contributed by atoms with Crippen LogP contribution in [0.3, 0.4) is 0 Å². The highest BCUT2D eigenvalue weighted by Crippen LogP contribution is 2.20. The van der Waals surface area contributed by atoms with Gasteiger partial charge in [0, 0.05) is 24.0 Å². The standard InChI is InChI=1S/C16H23BrN2O/c1-18-11-13-5-4-10-19(12-13)16(20)9-8-14-6-2-3-7-15(14)17/h2-3,6-7,13,18H,4-5,8-12H2,1H3/t13-/m0/s1. The minimum Gasteiger partial charge on any atom is -0.342 e. The molecule has 0 aliphatic carbocycles. The van der Waals surface area contributed by atoms with Crippen LogP contribution in [0.25, 0.3) is 0 Å². The predicted molar refractivity (Wildman–Crippen MR) is 85.7 cm³/mol. The molecule has 4 heteroatoms. The van der Waals surface area contributed by atoms with Crippen LogP contribution in [0.15, 0.2) is 28.7 Å². The van der Waals surface area contributed by atoms with E-state index in [4.69, 9.17) is 0 Å². The van der Waals surface area contributed by atoms with E-state index < -0.39 is 0 Å². The van der Waals surface area contributed by atoms with Gasteiger partial charge in [0.2, 0.25) is 5.91 Å². The molecule has 1 aromatic carbocycles. The normalized spacial score (nSPS) is 19.1. The lowest BCUT2D eigenvalue weighted by atomic mass is 9.97. The quantitative estimate of drug-likeness (QED) is 0.895. The van der Waals surface area contributed by atoms with E-state index >= 15 is 0 Å². The van der Waals surface area contributed by atoms with Gasteiger partial charge >= 0.3 is 0 Å². The number of hydrogen-bond acceptors (Lipinski definition) is 2. The van der Waals surface area contributed by atoms with Crippen molar-refractivity contribution in [2.24, 2.45) is 5.92 Å². The largest absolute Gasteiger partial charge is 0.342 e. The number of nitrogens with one attached hydrogen (secondary N) is 1. The van der Waals surface area contributed by atoms with Crippen LogP contribution >= 0.6 is 15.9 Å². The highest BCUT2D eigenvalue weighted by molar-refractivity contribution is 9.10. The second-order valence-electron chi connectivity index (χ2n) is 5.50. The third-order valence-electron chi connectivity index (χ3n) is 3.93. The number of rotatable bonds is 5. The van der Waals surface area contributed by atoms with Gasteiger partial charge in [-0.05, 0) is 50.4 Å². The summed E-state index contributed by atoms with van der Waals surface area (Å²) < 4.78 is 1.10. The molecule has 0 aromatic heterocycles. The smallest absolute Gasteiger partial charge is 0.222 e. The summed E-state index contributed by atoms with van der Waals surface area (Å²) in [6.45, 7) is 2.85. The number of halogens is 1. The first-order chi connectivity index (χ1) is 9.70. The lowest BCUT2D eigenvalue weighted by Gasteiger charge is -2.32. The Morgan fingerprint density at radius 2 is 2.25 bits per heavy atom. The van der Waals surface area contributed by atoms with Crippen molar-refractivity contribution in [3.63, 3.8) is 0 Å². The minimum atomic E-state index is 0.293. The Balaban J connectivity index is 1.84. The number of amides is 1. The Labute approximate surface area is 129 Å². The van der Waals surface area contributed by atoms with E-state index in [9.17, 15) is 4.79 Å². The van der Waals surface area contributed by atoms with Crippen molar-refractivity contribution in [2.75, 3.05) is 26.7 Å². The van der Waals surface area contributed by atoms with Crippen LogP contribution in [0.5, 0.6) is 0 Å². The lowest BCUT2D eigenvalue weighted by Crippen LogP contribution is -2.42. The molecule has 0 radical (unpaired) electrons. The number of benzene rings is 1. The summed E-state index contributed by atoms with van der Waals surface area (Å²) in [4.78, 5) is 14.4. The molecule has 1 amide bonds. The Morgan fingerprint density at radius 1 is 1.45 bits per heavy atom. The lowest BCUT2D eigenvalue weighted by molar-refractivity contribution is -0.132. The van der Waals surface area contributed by atoms with Crippen LogP contribution in [0.2, 0.25) is 0 Å². The first kappa shape index (κ1) is 15.5. The number of carbonyl (C=O) groups is 1. The molecule has 0 bridgehead atoms. The van der Waals surface area contributed by atoms with E-state index in [1.54, 1.807) is 0 Å². The summed E-state index contributed by atoms with van der Waals surface area (Å²) in [5.74, 6) is 0.905.